The van der Waals surface area contributed by atoms with Gasteiger partial charge in [0.05, 0.1) is 48.4 Å². The van der Waals surface area contributed by atoms with Crippen molar-refractivity contribution in [3.63, 3.8) is 0 Å². The van der Waals surface area contributed by atoms with Crippen molar-refractivity contribution in [1.29, 1.82) is 0 Å². The molecule has 2 saturated carbocycles. The highest BCUT2D eigenvalue weighted by Gasteiger charge is 2.57. The van der Waals surface area contributed by atoms with Gasteiger partial charge < -0.3 is 33.9 Å². The van der Waals surface area contributed by atoms with Crippen molar-refractivity contribution in [2.45, 2.75) is 154 Å². The second kappa shape index (κ2) is 20.0. The topological polar surface area (TPSA) is 154 Å². The van der Waals surface area contributed by atoms with E-state index in [9.17, 15) is 14.4 Å². The monoisotopic (exact) mass is 1010 g/mol. The van der Waals surface area contributed by atoms with E-state index < -0.39 is 23.5 Å². The van der Waals surface area contributed by atoms with Gasteiger partial charge in [0.2, 0.25) is 11.8 Å². The molecule has 5 saturated heterocycles. The molecule has 9 heterocycles. The Labute approximate surface area is 436 Å². The number of methoxy groups -OCH3 is 1. The molecule has 7 fully saturated rings. The summed E-state index contributed by atoms with van der Waals surface area (Å²) in [6.07, 6.45) is 16.4. The van der Waals surface area contributed by atoms with Gasteiger partial charge in [-0.3, -0.25) is 39.0 Å². The van der Waals surface area contributed by atoms with E-state index in [4.69, 9.17) is 25.6 Å². The summed E-state index contributed by atoms with van der Waals surface area (Å²) in [4.78, 5) is 71.8. The van der Waals surface area contributed by atoms with Crippen LogP contribution >= 0.6 is 0 Å². The predicted molar refractivity (Wildman–Crippen MR) is 282 cm³/mol. The van der Waals surface area contributed by atoms with Crippen LogP contribution in [0.15, 0.2) is 36.2 Å². The number of nitrogens with zero attached hydrogens (tertiary/aromatic N) is 7. The van der Waals surface area contributed by atoms with Gasteiger partial charge >= 0.3 is 5.97 Å². The first-order chi connectivity index (χ1) is 35.6. The molecule has 8 bridgehead atoms. The molecule has 2 aromatic heterocycles. The fraction of sp³-hybridized carbons (Fsp3) is 0.638. The highest BCUT2D eigenvalue weighted by Crippen LogP contribution is 2.48. The van der Waals surface area contributed by atoms with E-state index in [1.165, 1.54) is 23.9 Å². The van der Waals surface area contributed by atoms with Crippen LogP contribution in [0.25, 0.3) is 22.2 Å². The number of esters is 1. The Morgan fingerprint density at radius 2 is 1.88 bits per heavy atom. The van der Waals surface area contributed by atoms with E-state index in [2.05, 4.69) is 88.9 Å². The lowest BCUT2D eigenvalue weighted by Crippen LogP contribution is -2.72. The molecule has 3 aromatic rings. The number of terminal acetylenes is 1. The Bertz CT molecular complexity index is 2790. The minimum atomic E-state index is -0.934. The normalized spacial score (nSPS) is 30.1. The molecule has 1 aromatic carbocycles. The van der Waals surface area contributed by atoms with Crippen LogP contribution in [-0.2, 0) is 52.8 Å². The fourth-order valence-electron chi connectivity index (χ4n) is 13.5. The number of aromatic nitrogens is 2. The number of aryl methyl sites for hydroxylation is 2. The van der Waals surface area contributed by atoms with Crippen LogP contribution in [0, 0.1) is 35.5 Å². The minimum Gasteiger partial charge on any atom is -0.464 e. The Morgan fingerprint density at radius 1 is 1.08 bits per heavy atom. The summed E-state index contributed by atoms with van der Waals surface area (Å²) in [6, 6.07) is 4.75. The molecule has 2 aliphatic carbocycles. The van der Waals surface area contributed by atoms with E-state index >= 15 is 4.79 Å². The number of pyridine rings is 1. The molecular weight excluding hydrogens is 935 g/mol. The van der Waals surface area contributed by atoms with Crippen molar-refractivity contribution >= 4 is 40.3 Å². The number of carbonyl (C=O) groups excluding carboxylic acids is 4. The second-order valence-corrected chi connectivity index (χ2v) is 23.9. The average Bonchev–Trinajstić information content (AvgIpc) is 4.28. The van der Waals surface area contributed by atoms with E-state index in [1.807, 2.05) is 24.9 Å². The van der Waals surface area contributed by atoms with Gasteiger partial charge in [-0.2, -0.15) is 0 Å². The first-order valence-corrected chi connectivity index (χ1v) is 27.6. The third-order valence-electron chi connectivity index (χ3n) is 17.7. The fourth-order valence-corrected chi connectivity index (χ4v) is 13.5. The number of hydrazine groups is 1. The second-order valence-electron chi connectivity index (χ2n) is 23.9. The number of hydrogen-bond acceptors (Lipinski definition) is 12. The number of carbonyl (C=O) groups is 4. The lowest BCUT2D eigenvalue weighted by atomic mass is 9.73. The average molecular weight is 1010 g/mol. The molecule has 8 atom stereocenters. The zero-order valence-corrected chi connectivity index (χ0v) is 44.8. The summed E-state index contributed by atoms with van der Waals surface area (Å²) in [5.74, 6) is 2.72. The number of anilines is 1. The van der Waals surface area contributed by atoms with Crippen LogP contribution in [0.3, 0.4) is 0 Å². The van der Waals surface area contributed by atoms with E-state index in [0.717, 1.165) is 65.0 Å². The molecule has 74 heavy (non-hydrogen) atoms. The number of likely N-dealkylation sites (N-methyl/N-ethyl adjacent to an activating group) is 2. The van der Waals surface area contributed by atoms with Crippen molar-refractivity contribution in [2.75, 3.05) is 65.0 Å². The highest BCUT2D eigenvalue weighted by atomic mass is 16.5. The van der Waals surface area contributed by atoms with Gasteiger partial charge in [-0.1, -0.05) is 33.6 Å². The molecule has 2 N–H and O–H groups in total. The minimum absolute atomic E-state index is 0.0279. The molecule has 16 nitrogen and oxygen atoms in total. The highest BCUT2D eigenvalue weighted by molar-refractivity contribution is 5.97. The molecule has 0 radical (unpaired) electrons. The van der Waals surface area contributed by atoms with Crippen LogP contribution < -0.4 is 15.6 Å². The maximum absolute atomic E-state index is 15.2. The predicted octanol–water partition coefficient (Wildman–Crippen LogP) is 5.59. The third-order valence-corrected chi connectivity index (χ3v) is 17.7. The van der Waals surface area contributed by atoms with Gasteiger partial charge in [0, 0.05) is 105 Å². The van der Waals surface area contributed by atoms with Crippen LogP contribution in [0.2, 0.25) is 0 Å². The van der Waals surface area contributed by atoms with Gasteiger partial charge in [0.25, 0.3) is 5.91 Å². The van der Waals surface area contributed by atoms with E-state index in [1.54, 1.807) is 18.3 Å². The van der Waals surface area contributed by atoms with E-state index in [0.29, 0.717) is 76.1 Å². The summed E-state index contributed by atoms with van der Waals surface area (Å²) in [5, 5.41) is 6.07. The quantitative estimate of drug-likeness (QED) is 0.140. The van der Waals surface area contributed by atoms with Crippen LogP contribution in [0.5, 0.6) is 0 Å². The number of likely N-dealkylation sites (tertiary alicyclic amines) is 1. The number of cyclic esters (lactones) is 1. The molecule has 7 aliphatic heterocycles. The van der Waals surface area contributed by atoms with Crippen LogP contribution in [0.1, 0.15) is 115 Å². The number of nitrogens with one attached hydrogen (secondary N) is 2. The summed E-state index contributed by atoms with van der Waals surface area (Å²) in [5.41, 5.74) is 12.2. The van der Waals surface area contributed by atoms with Crippen molar-refractivity contribution < 1.29 is 33.4 Å². The number of morpholine rings is 1. The van der Waals surface area contributed by atoms with Gasteiger partial charge in [-0.05, 0) is 125 Å². The van der Waals surface area contributed by atoms with Gasteiger partial charge in [0.1, 0.15) is 18.1 Å². The van der Waals surface area contributed by atoms with Crippen molar-refractivity contribution in [3.8, 4) is 23.6 Å². The van der Waals surface area contributed by atoms with Gasteiger partial charge in [-0.25, -0.2) is 5.43 Å². The molecule has 3 amide bonds. The molecule has 9 aliphatic rings. The number of ether oxygens (including phenoxy) is 3. The number of hydrogen-bond donors (Lipinski definition) is 2. The number of amides is 3. The zero-order chi connectivity index (χ0) is 51.9. The van der Waals surface area contributed by atoms with E-state index in [-0.39, 0.29) is 72.8 Å². The SMILES string of the molecule is C#Cc1cnc([C@H](C)OC)c(-c2c3c4cc(cc5c4n2CCC5)N2CCO[C@@H](CC(NC(=O)[C@H](C(C)C)N4CCC(=CN(CC)C(=O)[C@H]5[C@@H](C6CC6)N5C)C4)C(=O)N4N[C@H](C(=O)OCC(C)(C)C3)C3CC4C3)C2)c1. The standard InChI is InChI=1S/C58H77N9O7/c1-10-35-21-44(47(59-28-35)34(5)72-9)52-45-27-58(6,7)32-74-57(71)48-39-23-41(24-39)67(61-48)55(69)46(26-42-31-64(19-20-73-42)40-22-38-13-12-17-66(52)50(38)43(45)25-40)60-54(68)49(33(3)4)65-18-16-36(30-65)29-63(11-2)56(70)53-51(62(53)8)37-14-15-37/h1,21-22,25,28-29,33-34,37,39,41-42,46,48-49,51,53,61H,11-20,23-24,26-27,30-32H2,2-9H3,(H,60,68)/t34-,39?,41?,42-,46?,48-,49-,51+,53+,62?/m0/s1. The van der Waals surface area contributed by atoms with Crippen LogP contribution in [-0.4, -0.2) is 155 Å². The lowest BCUT2D eigenvalue weighted by Gasteiger charge is -2.53. The molecule has 2 unspecified atom stereocenters. The Kier molecular flexibility index (Phi) is 13.7. The zero-order valence-electron chi connectivity index (χ0n) is 44.8. The largest absolute Gasteiger partial charge is 0.464 e. The Morgan fingerprint density at radius 3 is 2.61 bits per heavy atom. The van der Waals surface area contributed by atoms with Crippen molar-refractivity contribution in [3.05, 3.63) is 58.6 Å². The Hall–Kier alpha value is -5.31. The summed E-state index contributed by atoms with van der Waals surface area (Å²) in [6.45, 7) is 16.9. The first kappa shape index (κ1) is 50.8. The summed E-state index contributed by atoms with van der Waals surface area (Å²) in [7, 11) is 3.76. The molecule has 12 rings (SSSR count). The van der Waals surface area contributed by atoms with Crippen LogP contribution in [0.4, 0.5) is 5.69 Å². The molecular formula is C58H77N9O7. The maximum Gasteiger partial charge on any atom is 0.325 e. The third kappa shape index (κ3) is 9.43. The Balaban J connectivity index is 0.918. The van der Waals surface area contributed by atoms with Gasteiger partial charge in [0.15, 0.2) is 0 Å². The molecule has 0 spiro atoms. The van der Waals surface area contributed by atoms with Crippen molar-refractivity contribution in [2.24, 2.45) is 23.2 Å². The summed E-state index contributed by atoms with van der Waals surface area (Å²) >= 11 is 0. The number of fused-ring (bicyclic) bond motifs is 4. The summed E-state index contributed by atoms with van der Waals surface area (Å²) < 4.78 is 21.3. The van der Waals surface area contributed by atoms with Gasteiger partial charge in [-0.15, -0.1) is 6.42 Å². The maximum atomic E-state index is 15.2. The smallest absolute Gasteiger partial charge is 0.325 e. The molecule has 16 heteroatoms. The first-order valence-electron chi connectivity index (χ1n) is 27.6. The lowest BCUT2D eigenvalue weighted by molar-refractivity contribution is -0.171. The number of rotatable bonds is 11. The molecule has 396 valence electrons. The number of benzene rings is 1. The van der Waals surface area contributed by atoms with Crippen molar-refractivity contribution in [1.82, 2.24) is 40.0 Å².